The molecule has 1 saturated carbocycles. The molecule has 0 saturated heterocycles. The Morgan fingerprint density at radius 2 is 1.96 bits per heavy atom. The van der Waals surface area contributed by atoms with Gasteiger partial charge >= 0.3 is 0 Å². The van der Waals surface area contributed by atoms with Crippen LogP contribution in [0.2, 0.25) is 0 Å². The average Bonchev–Trinajstić information content (AvgIpc) is 3.07. The minimum Gasteiger partial charge on any atom is -0.385 e. The van der Waals surface area contributed by atoms with Gasteiger partial charge in [0.05, 0.1) is 0 Å². The van der Waals surface area contributed by atoms with E-state index in [2.05, 4.69) is 25.1 Å². The Bertz CT molecular complexity index is 569. The first kappa shape index (κ1) is 19.9. The SMILES string of the molecule is CC[C@@]1(N)CC[C@H](c2ccc3c(c2)CC[C@@H](CCCCCCOC)C3)C1. The zero-order valence-corrected chi connectivity index (χ0v) is 17.1. The maximum Gasteiger partial charge on any atom is 0.0462 e. The summed E-state index contributed by atoms with van der Waals surface area (Å²) in [5, 5.41) is 0. The first-order chi connectivity index (χ1) is 12.6. The van der Waals surface area contributed by atoms with Crippen LogP contribution in [-0.2, 0) is 17.6 Å². The van der Waals surface area contributed by atoms with E-state index in [-0.39, 0.29) is 5.54 Å². The normalized spacial score (nSPS) is 28.3. The van der Waals surface area contributed by atoms with Crippen molar-refractivity contribution >= 4 is 0 Å². The molecule has 146 valence electrons. The van der Waals surface area contributed by atoms with Crippen LogP contribution in [-0.4, -0.2) is 19.3 Å². The highest BCUT2D eigenvalue weighted by atomic mass is 16.5. The molecule has 0 heterocycles. The maximum atomic E-state index is 6.52. The van der Waals surface area contributed by atoms with E-state index in [0.717, 1.165) is 18.9 Å². The minimum absolute atomic E-state index is 0.0922. The number of hydrogen-bond donors (Lipinski definition) is 1. The zero-order valence-electron chi connectivity index (χ0n) is 17.1. The van der Waals surface area contributed by atoms with Crippen molar-refractivity contribution < 1.29 is 4.74 Å². The summed E-state index contributed by atoms with van der Waals surface area (Å²) >= 11 is 0. The molecule has 0 bridgehead atoms. The summed E-state index contributed by atoms with van der Waals surface area (Å²) in [6.45, 7) is 3.16. The molecule has 1 aromatic carbocycles. The van der Waals surface area contributed by atoms with Gasteiger partial charge in [0.25, 0.3) is 0 Å². The summed E-state index contributed by atoms with van der Waals surface area (Å²) in [5.74, 6) is 1.59. The standard InChI is InChI=1S/C24H39NO/c1-3-24(25)14-13-23(18-24)22-12-11-20-16-19(9-10-21(20)17-22)8-6-4-5-7-15-26-2/h11-12,17,19,23H,3-10,13-16,18,25H2,1-2H3/t19-,23+,24-/m1/s1. The molecule has 0 radical (unpaired) electrons. The van der Waals surface area contributed by atoms with Crippen molar-refractivity contribution in [1.82, 2.24) is 0 Å². The number of aryl methyl sites for hydroxylation is 1. The summed E-state index contributed by atoms with van der Waals surface area (Å²) in [6, 6.07) is 7.39. The van der Waals surface area contributed by atoms with Crippen LogP contribution in [0.15, 0.2) is 18.2 Å². The Kier molecular flexibility index (Phi) is 7.17. The van der Waals surface area contributed by atoms with E-state index in [9.17, 15) is 0 Å². The van der Waals surface area contributed by atoms with E-state index in [1.807, 2.05) is 0 Å². The van der Waals surface area contributed by atoms with Crippen molar-refractivity contribution in [2.45, 2.75) is 95.4 Å². The Balaban J connectivity index is 1.48. The predicted octanol–water partition coefficient (Wildman–Crippen LogP) is 5.76. The minimum atomic E-state index is 0.0922. The molecule has 2 N–H and O–H groups in total. The summed E-state index contributed by atoms with van der Waals surface area (Å²) in [6.07, 6.45) is 15.4. The molecule has 26 heavy (non-hydrogen) atoms. The van der Waals surface area contributed by atoms with Gasteiger partial charge in [-0.2, -0.15) is 0 Å². The predicted molar refractivity (Wildman–Crippen MR) is 111 cm³/mol. The lowest BCUT2D eigenvalue weighted by atomic mass is 9.79. The van der Waals surface area contributed by atoms with Crippen LogP contribution in [0.25, 0.3) is 0 Å². The van der Waals surface area contributed by atoms with Crippen LogP contribution in [0, 0.1) is 5.92 Å². The van der Waals surface area contributed by atoms with Gasteiger partial charge in [-0.3, -0.25) is 0 Å². The number of nitrogens with two attached hydrogens (primary N) is 1. The molecule has 1 fully saturated rings. The third-order valence-electron chi connectivity index (χ3n) is 7.09. The van der Waals surface area contributed by atoms with Crippen LogP contribution >= 0.6 is 0 Å². The quantitative estimate of drug-likeness (QED) is 0.570. The van der Waals surface area contributed by atoms with Gasteiger partial charge < -0.3 is 10.5 Å². The van der Waals surface area contributed by atoms with E-state index in [4.69, 9.17) is 10.5 Å². The third kappa shape index (κ3) is 5.10. The van der Waals surface area contributed by atoms with Crippen molar-refractivity contribution in [2.75, 3.05) is 13.7 Å². The van der Waals surface area contributed by atoms with Crippen LogP contribution < -0.4 is 5.73 Å². The average molecular weight is 358 g/mol. The first-order valence-electron chi connectivity index (χ1n) is 11.0. The molecule has 3 atom stereocenters. The molecular weight excluding hydrogens is 318 g/mol. The van der Waals surface area contributed by atoms with Gasteiger partial charge in [-0.05, 0) is 79.9 Å². The van der Waals surface area contributed by atoms with Crippen LogP contribution in [0.5, 0.6) is 0 Å². The second-order valence-corrected chi connectivity index (χ2v) is 8.99. The van der Waals surface area contributed by atoms with E-state index >= 15 is 0 Å². The highest BCUT2D eigenvalue weighted by Crippen LogP contribution is 2.42. The summed E-state index contributed by atoms with van der Waals surface area (Å²) in [5.41, 5.74) is 11.4. The molecular formula is C24H39NO. The van der Waals surface area contributed by atoms with E-state index in [1.54, 1.807) is 23.8 Å². The number of fused-ring (bicyclic) bond motifs is 1. The van der Waals surface area contributed by atoms with Crippen LogP contribution in [0.3, 0.4) is 0 Å². The van der Waals surface area contributed by atoms with Gasteiger partial charge in [-0.25, -0.2) is 0 Å². The lowest BCUT2D eigenvalue weighted by molar-refractivity contribution is 0.191. The molecule has 3 rings (SSSR count). The topological polar surface area (TPSA) is 35.2 Å². The zero-order chi connectivity index (χ0) is 18.4. The molecule has 1 aromatic rings. The van der Waals surface area contributed by atoms with Gasteiger partial charge in [0.2, 0.25) is 0 Å². The summed E-state index contributed by atoms with van der Waals surface area (Å²) in [4.78, 5) is 0. The number of methoxy groups -OCH3 is 1. The molecule has 0 amide bonds. The number of benzene rings is 1. The third-order valence-corrected chi connectivity index (χ3v) is 7.09. The van der Waals surface area contributed by atoms with E-state index < -0.39 is 0 Å². The van der Waals surface area contributed by atoms with Crippen molar-refractivity contribution in [3.8, 4) is 0 Å². The number of rotatable bonds is 9. The van der Waals surface area contributed by atoms with Crippen molar-refractivity contribution in [3.63, 3.8) is 0 Å². The number of ether oxygens (including phenoxy) is 1. The monoisotopic (exact) mass is 357 g/mol. The molecule has 2 aliphatic carbocycles. The molecule has 0 spiro atoms. The fraction of sp³-hybridized carbons (Fsp3) is 0.750. The molecule has 2 nitrogen and oxygen atoms in total. The van der Waals surface area contributed by atoms with Crippen molar-refractivity contribution in [1.29, 1.82) is 0 Å². The molecule has 2 heteroatoms. The van der Waals surface area contributed by atoms with Gasteiger partial charge in [0, 0.05) is 19.3 Å². The lowest BCUT2D eigenvalue weighted by Crippen LogP contribution is -2.35. The lowest BCUT2D eigenvalue weighted by Gasteiger charge is -2.26. The van der Waals surface area contributed by atoms with E-state index in [0.29, 0.717) is 5.92 Å². The van der Waals surface area contributed by atoms with Crippen LogP contribution in [0.1, 0.15) is 93.7 Å². The first-order valence-corrected chi connectivity index (χ1v) is 11.0. The maximum absolute atomic E-state index is 6.52. The van der Waals surface area contributed by atoms with Gasteiger partial charge in [0.15, 0.2) is 0 Å². The fourth-order valence-electron chi connectivity index (χ4n) is 5.15. The number of hydrogen-bond acceptors (Lipinski definition) is 2. The highest BCUT2D eigenvalue weighted by molar-refractivity contribution is 5.36. The van der Waals surface area contributed by atoms with Gasteiger partial charge in [-0.1, -0.05) is 50.8 Å². The Labute approximate surface area is 160 Å². The molecule has 0 aliphatic heterocycles. The molecule has 2 aliphatic rings. The summed E-state index contributed by atoms with van der Waals surface area (Å²) in [7, 11) is 1.80. The fourth-order valence-corrected chi connectivity index (χ4v) is 5.15. The Hall–Kier alpha value is -0.860. The smallest absolute Gasteiger partial charge is 0.0462 e. The van der Waals surface area contributed by atoms with Crippen LogP contribution in [0.4, 0.5) is 0 Å². The largest absolute Gasteiger partial charge is 0.385 e. The van der Waals surface area contributed by atoms with E-state index in [1.165, 1.54) is 70.6 Å². The van der Waals surface area contributed by atoms with Crippen molar-refractivity contribution in [3.05, 3.63) is 34.9 Å². The summed E-state index contributed by atoms with van der Waals surface area (Å²) < 4.78 is 5.13. The van der Waals surface area contributed by atoms with Crippen molar-refractivity contribution in [2.24, 2.45) is 11.7 Å². The van der Waals surface area contributed by atoms with Gasteiger partial charge in [-0.15, -0.1) is 0 Å². The Morgan fingerprint density at radius 3 is 2.73 bits per heavy atom. The highest BCUT2D eigenvalue weighted by Gasteiger charge is 2.35. The second-order valence-electron chi connectivity index (χ2n) is 8.99. The van der Waals surface area contributed by atoms with Gasteiger partial charge in [0.1, 0.15) is 0 Å². The molecule has 0 aromatic heterocycles. The second kappa shape index (κ2) is 9.37. The number of unbranched alkanes of at least 4 members (excludes halogenated alkanes) is 3. The molecule has 0 unspecified atom stereocenters. The Morgan fingerprint density at radius 1 is 1.12 bits per heavy atom.